The zero-order valence-corrected chi connectivity index (χ0v) is 11.0. The molecule has 2 atom stereocenters. The Kier molecular flexibility index (Phi) is 4.44. The maximum atomic E-state index is 8.96. The molecule has 18 heavy (non-hydrogen) atoms. The van der Waals surface area contributed by atoms with Gasteiger partial charge in [0, 0.05) is 30.7 Å². The number of nitrogens with one attached hydrogen (secondary N) is 1. The van der Waals surface area contributed by atoms with Crippen molar-refractivity contribution in [1.29, 1.82) is 0 Å². The molecule has 0 amide bonds. The van der Waals surface area contributed by atoms with Crippen LogP contribution in [0.15, 0.2) is 18.2 Å². The first-order chi connectivity index (χ1) is 8.74. The Bertz CT molecular complexity index is 395. The Morgan fingerprint density at radius 2 is 2.39 bits per heavy atom. The van der Waals surface area contributed by atoms with Gasteiger partial charge in [-0.15, -0.1) is 0 Å². The summed E-state index contributed by atoms with van der Waals surface area (Å²) >= 11 is 0. The monoisotopic (exact) mass is 251 g/mol. The predicted octanol–water partition coefficient (Wildman–Crippen LogP) is 1.88. The van der Waals surface area contributed by atoms with Crippen molar-refractivity contribution < 1.29 is 14.6 Å². The summed E-state index contributed by atoms with van der Waals surface area (Å²) in [6, 6.07) is 6.46. The molecule has 1 aliphatic heterocycles. The van der Waals surface area contributed by atoms with E-state index < -0.39 is 0 Å². The summed E-state index contributed by atoms with van der Waals surface area (Å²) in [6.07, 6.45) is 1.70. The van der Waals surface area contributed by atoms with E-state index >= 15 is 0 Å². The first-order valence-corrected chi connectivity index (χ1v) is 6.42. The van der Waals surface area contributed by atoms with E-state index in [1.54, 1.807) is 7.11 Å². The second-order valence-electron chi connectivity index (χ2n) is 4.67. The van der Waals surface area contributed by atoms with Gasteiger partial charge >= 0.3 is 0 Å². The van der Waals surface area contributed by atoms with E-state index in [4.69, 9.17) is 14.6 Å². The highest BCUT2D eigenvalue weighted by atomic mass is 16.5. The molecule has 0 saturated heterocycles. The Morgan fingerprint density at radius 3 is 3.11 bits per heavy atom. The van der Waals surface area contributed by atoms with Crippen LogP contribution < -0.4 is 14.8 Å². The average Bonchev–Trinajstić information content (AvgIpc) is 2.39. The molecule has 1 aromatic rings. The fourth-order valence-electron chi connectivity index (χ4n) is 2.29. The van der Waals surface area contributed by atoms with Gasteiger partial charge in [0.15, 0.2) is 0 Å². The van der Waals surface area contributed by atoms with Crippen LogP contribution >= 0.6 is 0 Å². The molecule has 1 aromatic carbocycles. The van der Waals surface area contributed by atoms with Gasteiger partial charge in [0.05, 0.1) is 13.7 Å². The minimum atomic E-state index is 0.211. The van der Waals surface area contributed by atoms with Crippen LogP contribution in [0.2, 0.25) is 0 Å². The number of benzene rings is 1. The van der Waals surface area contributed by atoms with Gasteiger partial charge in [-0.1, -0.05) is 0 Å². The molecule has 0 saturated carbocycles. The summed E-state index contributed by atoms with van der Waals surface area (Å²) < 4.78 is 10.9. The van der Waals surface area contributed by atoms with Crippen LogP contribution in [-0.4, -0.2) is 31.5 Å². The van der Waals surface area contributed by atoms with Gasteiger partial charge in [-0.25, -0.2) is 0 Å². The third-order valence-electron chi connectivity index (χ3n) is 3.30. The summed E-state index contributed by atoms with van der Waals surface area (Å²) in [5.41, 5.74) is 1.14. The second-order valence-corrected chi connectivity index (χ2v) is 4.67. The van der Waals surface area contributed by atoms with Crippen molar-refractivity contribution in [2.24, 2.45) is 0 Å². The molecular formula is C14H21NO3. The fourth-order valence-corrected chi connectivity index (χ4v) is 2.29. The van der Waals surface area contributed by atoms with Crippen LogP contribution in [0.1, 0.15) is 31.4 Å². The van der Waals surface area contributed by atoms with Gasteiger partial charge in [-0.05, 0) is 31.5 Å². The second kappa shape index (κ2) is 6.07. The molecule has 0 spiro atoms. The maximum absolute atomic E-state index is 8.96. The number of hydrogen-bond donors (Lipinski definition) is 2. The average molecular weight is 251 g/mol. The number of aliphatic hydroxyl groups is 1. The molecule has 0 radical (unpaired) electrons. The van der Waals surface area contributed by atoms with Crippen LogP contribution in [0.3, 0.4) is 0 Å². The molecular weight excluding hydrogens is 230 g/mol. The van der Waals surface area contributed by atoms with Gasteiger partial charge in [0.2, 0.25) is 0 Å². The van der Waals surface area contributed by atoms with Crippen LogP contribution in [0.4, 0.5) is 0 Å². The highest BCUT2D eigenvalue weighted by molar-refractivity contribution is 5.43. The Morgan fingerprint density at radius 1 is 1.56 bits per heavy atom. The third-order valence-corrected chi connectivity index (χ3v) is 3.30. The lowest BCUT2D eigenvalue weighted by Gasteiger charge is -2.29. The van der Waals surface area contributed by atoms with Gasteiger partial charge < -0.3 is 19.9 Å². The molecule has 2 rings (SSSR count). The molecule has 0 aliphatic carbocycles. The van der Waals surface area contributed by atoms with E-state index in [-0.39, 0.29) is 18.7 Å². The fraction of sp³-hybridized carbons (Fsp3) is 0.571. The van der Waals surface area contributed by atoms with Crippen molar-refractivity contribution in [1.82, 2.24) is 5.32 Å². The predicted molar refractivity (Wildman–Crippen MR) is 70.1 cm³/mol. The molecule has 4 heteroatoms. The van der Waals surface area contributed by atoms with E-state index in [1.165, 1.54) is 0 Å². The smallest absolute Gasteiger partial charge is 0.124 e. The summed E-state index contributed by atoms with van der Waals surface area (Å²) in [4.78, 5) is 0. The van der Waals surface area contributed by atoms with Crippen LogP contribution in [0.5, 0.6) is 11.5 Å². The van der Waals surface area contributed by atoms with Crippen molar-refractivity contribution in [3.05, 3.63) is 23.8 Å². The first kappa shape index (κ1) is 13.2. The molecule has 0 bridgehead atoms. The summed E-state index contributed by atoms with van der Waals surface area (Å²) in [5.74, 6) is 1.77. The van der Waals surface area contributed by atoms with Crippen LogP contribution in [0, 0.1) is 0 Å². The third kappa shape index (κ3) is 2.94. The number of rotatable bonds is 5. The zero-order chi connectivity index (χ0) is 13.0. The van der Waals surface area contributed by atoms with E-state index in [0.29, 0.717) is 0 Å². The summed E-state index contributed by atoms with van der Waals surface area (Å²) in [5, 5.41) is 12.5. The topological polar surface area (TPSA) is 50.7 Å². The first-order valence-electron chi connectivity index (χ1n) is 6.42. The van der Waals surface area contributed by atoms with Crippen molar-refractivity contribution >= 4 is 0 Å². The molecule has 2 N–H and O–H groups in total. The molecule has 100 valence electrons. The molecule has 4 nitrogen and oxygen atoms in total. The van der Waals surface area contributed by atoms with E-state index in [0.717, 1.165) is 36.5 Å². The Hall–Kier alpha value is -1.26. The standard InChI is InChI=1S/C14H21NO3/c1-10(5-7-16)15-13-6-8-18-14-4-3-11(17-2)9-12(13)14/h3-4,9-10,13,15-16H,5-8H2,1-2H3. The van der Waals surface area contributed by atoms with E-state index in [1.807, 2.05) is 18.2 Å². The summed E-state index contributed by atoms with van der Waals surface area (Å²) in [7, 11) is 1.67. The lowest BCUT2D eigenvalue weighted by atomic mass is 9.99. The Balaban J connectivity index is 2.15. The van der Waals surface area contributed by atoms with Crippen LogP contribution in [0.25, 0.3) is 0 Å². The number of ether oxygens (including phenoxy) is 2. The van der Waals surface area contributed by atoms with Crippen molar-refractivity contribution in [3.8, 4) is 11.5 Å². The van der Waals surface area contributed by atoms with Gasteiger partial charge in [0.25, 0.3) is 0 Å². The quantitative estimate of drug-likeness (QED) is 0.839. The van der Waals surface area contributed by atoms with Crippen molar-refractivity contribution in [2.45, 2.75) is 31.8 Å². The largest absolute Gasteiger partial charge is 0.497 e. The highest BCUT2D eigenvalue weighted by Gasteiger charge is 2.23. The van der Waals surface area contributed by atoms with Crippen molar-refractivity contribution in [2.75, 3.05) is 20.3 Å². The normalized spacial score (nSPS) is 19.8. The van der Waals surface area contributed by atoms with Crippen LogP contribution in [-0.2, 0) is 0 Å². The SMILES string of the molecule is COc1ccc2c(c1)C(NC(C)CCO)CCO2. The van der Waals surface area contributed by atoms with E-state index in [9.17, 15) is 0 Å². The number of hydrogen-bond acceptors (Lipinski definition) is 4. The minimum Gasteiger partial charge on any atom is -0.497 e. The minimum absolute atomic E-state index is 0.211. The molecule has 2 unspecified atom stereocenters. The zero-order valence-electron chi connectivity index (χ0n) is 11.0. The Labute approximate surface area is 108 Å². The lowest BCUT2D eigenvalue weighted by molar-refractivity contribution is 0.228. The number of methoxy groups -OCH3 is 1. The van der Waals surface area contributed by atoms with E-state index in [2.05, 4.69) is 12.2 Å². The van der Waals surface area contributed by atoms with Gasteiger partial charge in [-0.2, -0.15) is 0 Å². The molecule has 1 heterocycles. The van der Waals surface area contributed by atoms with Gasteiger partial charge in [-0.3, -0.25) is 0 Å². The number of fused-ring (bicyclic) bond motifs is 1. The van der Waals surface area contributed by atoms with Gasteiger partial charge in [0.1, 0.15) is 11.5 Å². The van der Waals surface area contributed by atoms with Crippen molar-refractivity contribution in [3.63, 3.8) is 0 Å². The maximum Gasteiger partial charge on any atom is 0.124 e. The number of aliphatic hydroxyl groups excluding tert-OH is 1. The molecule has 1 aliphatic rings. The lowest BCUT2D eigenvalue weighted by Crippen LogP contribution is -2.34. The molecule has 0 aromatic heterocycles. The molecule has 0 fully saturated rings. The summed E-state index contributed by atoms with van der Waals surface area (Å²) in [6.45, 7) is 3.02. The highest BCUT2D eigenvalue weighted by Crippen LogP contribution is 2.35.